The van der Waals surface area contributed by atoms with Gasteiger partial charge in [-0.2, -0.15) is 0 Å². The molecule has 1 aliphatic heterocycles. The summed E-state index contributed by atoms with van der Waals surface area (Å²) in [6.45, 7) is 5.07. The lowest BCUT2D eigenvalue weighted by Gasteiger charge is -2.35. The Morgan fingerprint density at radius 3 is 3.11 bits per heavy atom. The second-order valence-electron chi connectivity index (χ2n) is 5.09. The Labute approximate surface area is 114 Å². The van der Waals surface area contributed by atoms with Crippen molar-refractivity contribution in [3.63, 3.8) is 0 Å². The molecule has 0 unspecified atom stereocenters. The number of carbonyl (C=O) groups is 1. The zero-order valence-electron chi connectivity index (χ0n) is 11.4. The summed E-state index contributed by atoms with van der Waals surface area (Å²) in [5, 5.41) is 12.6. The summed E-state index contributed by atoms with van der Waals surface area (Å²) >= 11 is 0. The molecule has 0 amide bonds. The molecule has 104 valence electrons. The van der Waals surface area contributed by atoms with Crippen LogP contribution in [0, 0.1) is 0 Å². The van der Waals surface area contributed by atoms with Crippen molar-refractivity contribution in [2.24, 2.45) is 0 Å². The maximum atomic E-state index is 11.0. The van der Waals surface area contributed by atoms with Gasteiger partial charge in [-0.15, -0.1) is 0 Å². The van der Waals surface area contributed by atoms with Gasteiger partial charge >= 0.3 is 5.97 Å². The Morgan fingerprint density at radius 1 is 1.53 bits per heavy atom. The van der Waals surface area contributed by atoms with Gasteiger partial charge in [0.15, 0.2) is 0 Å². The first kappa shape index (κ1) is 13.9. The van der Waals surface area contributed by atoms with Gasteiger partial charge in [-0.3, -0.25) is 0 Å². The van der Waals surface area contributed by atoms with Crippen LogP contribution >= 0.6 is 0 Å². The molecule has 0 aromatic heterocycles. The van der Waals surface area contributed by atoms with Crippen LogP contribution in [-0.4, -0.2) is 36.8 Å². The second kappa shape index (κ2) is 6.57. The summed E-state index contributed by atoms with van der Waals surface area (Å²) < 4.78 is 0. The molecule has 1 saturated heterocycles. The molecular weight excluding hydrogens is 240 g/mol. The molecule has 1 atom stereocenters. The van der Waals surface area contributed by atoms with E-state index in [2.05, 4.69) is 17.1 Å². The summed E-state index contributed by atoms with van der Waals surface area (Å²) in [5.41, 5.74) is 1.38. The van der Waals surface area contributed by atoms with Crippen LogP contribution in [0.5, 0.6) is 0 Å². The minimum absolute atomic E-state index is 0.362. The van der Waals surface area contributed by atoms with Gasteiger partial charge in [-0.1, -0.05) is 25.8 Å². The van der Waals surface area contributed by atoms with Gasteiger partial charge in [0.05, 0.1) is 5.56 Å². The highest BCUT2D eigenvalue weighted by molar-refractivity contribution is 5.88. The normalized spacial score (nSPS) is 19.4. The number of carboxylic acid groups (broad SMARTS) is 1. The van der Waals surface area contributed by atoms with E-state index in [9.17, 15) is 4.79 Å². The largest absolute Gasteiger partial charge is 0.478 e. The van der Waals surface area contributed by atoms with Crippen molar-refractivity contribution in [1.29, 1.82) is 0 Å². The third kappa shape index (κ3) is 3.70. The molecule has 1 aromatic rings. The molecule has 4 nitrogen and oxygen atoms in total. The standard InChI is InChI=1S/C15H22N2O2/c1-2-3-6-13-11-17(9-8-16-13)14-7-4-5-12(10-14)15(18)19/h4-5,7,10,13,16H,2-3,6,8-9,11H2,1H3,(H,18,19)/t13-/m0/s1. The van der Waals surface area contributed by atoms with E-state index in [1.54, 1.807) is 12.1 Å². The molecule has 2 rings (SSSR count). The highest BCUT2D eigenvalue weighted by Crippen LogP contribution is 2.19. The highest BCUT2D eigenvalue weighted by Gasteiger charge is 2.19. The van der Waals surface area contributed by atoms with Crippen molar-refractivity contribution in [1.82, 2.24) is 5.32 Å². The molecule has 19 heavy (non-hydrogen) atoms. The molecular formula is C15H22N2O2. The van der Waals surface area contributed by atoms with Gasteiger partial charge < -0.3 is 15.3 Å². The minimum Gasteiger partial charge on any atom is -0.478 e. The Balaban J connectivity index is 2.04. The van der Waals surface area contributed by atoms with Crippen LogP contribution in [-0.2, 0) is 0 Å². The zero-order chi connectivity index (χ0) is 13.7. The number of piperazine rings is 1. The first-order chi connectivity index (χ1) is 9.20. The van der Waals surface area contributed by atoms with E-state index in [-0.39, 0.29) is 0 Å². The number of carboxylic acids is 1. The predicted octanol–water partition coefficient (Wildman–Crippen LogP) is 2.35. The maximum absolute atomic E-state index is 11.0. The monoisotopic (exact) mass is 262 g/mol. The Hall–Kier alpha value is -1.55. The molecule has 0 spiro atoms. The first-order valence-corrected chi connectivity index (χ1v) is 7.02. The number of anilines is 1. The van der Waals surface area contributed by atoms with Crippen molar-refractivity contribution < 1.29 is 9.90 Å². The van der Waals surface area contributed by atoms with E-state index in [0.717, 1.165) is 25.3 Å². The molecule has 1 aliphatic rings. The number of unbranched alkanes of at least 4 members (excludes halogenated alkanes) is 1. The average molecular weight is 262 g/mol. The lowest BCUT2D eigenvalue weighted by Crippen LogP contribution is -2.50. The topological polar surface area (TPSA) is 52.6 Å². The number of nitrogens with one attached hydrogen (secondary N) is 1. The fourth-order valence-corrected chi connectivity index (χ4v) is 2.54. The molecule has 0 aliphatic carbocycles. The first-order valence-electron chi connectivity index (χ1n) is 7.02. The van der Waals surface area contributed by atoms with E-state index >= 15 is 0 Å². The number of hydrogen-bond acceptors (Lipinski definition) is 3. The minimum atomic E-state index is -0.862. The van der Waals surface area contributed by atoms with E-state index < -0.39 is 5.97 Å². The lowest BCUT2D eigenvalue weighted by molar-refractivity contribution is 0.0697. The van der Waals surface area contributed by atoms with Crippen LogP contribution in [0.1, 0.15) is 36.5 Å². The van der Waals surface area contributed by atoms with Crippen LogP contribution in [0.2, 0.25) is 0 Å². The van der Waals surface area contributed by atoms with E-state index in [4.69, 9.17) is 5.11 Å². The molecule has 1 heterocycles. The second-order valence-corrected chi connectivity index (χ2v) is 5.09. The van der Waals surface area contributed by atoms with Crippen LogP contribution in [0.4, 0.5) is 5.69 Å². The lowest BCUT2D eigenvalue weighted by atomic mass is 10.1. The molecule has 1 fully saturated rings. The van der Waals surface area contributed by atoms with Gasteiger partial charge in [-0.05, 0) is 24.6 Å². The quantitative estimate of drug-likeness (QED) is 0.855. The van der Waals surface area contributed by atoms with Crippen molar-refractivity contribution in [3.05, 3.63) is 29.8 Å². The van der Waals surface area contributed by atoms with E-state index in [0.29, 0.717) is 11.6 Å². The van der Waals surface area contributed by atoms with Crippen LogP contribution in [0.15, 0.2) is 24.3 Å². The fourth-order valence-electron chi connectivity index (χ4n) is 2.54. The van der Waals surface area contributed by atoms with Gasteiger partial charge in [0.25, 0.3) is 0 Å². The molecule has 0 bridgehead atoms. The van der Waals surface area contributed by atoms with E-state index in [1.165, 1.54) is 19.3 Å². The summed E-state index contributed by atoms with van der Waals surface area (Å²) in [7, 11) is 0. The van der Waals surface area contributed by atoms with Crippen molar-refractivity contribution in [2.75, 3.05) is 24.5 Å². The Morgan fingerprint density at radius 2 is 2.37 bits per heavy atom. The number of benzene rings is 1. The van der Waals surface area contributed by atoms with Crippen LogP contribution in [0.3, 0.4) is 0 Å². The van der Waals surface area contributed by atoms with Crippen molar-refractivity contribution in [3.8, 4) is 0 Å². The van der Waals surface area contributed by atoms with Crippen LogP contribution in [0.25, 0.3) is 0 Å². The number of aromatic carboxylic acids is 1. The maximum Gasteiger partial charge on any atom is 0.335 e. The molecule has 1 aromatic carbocycles. The van der Waals surface area contributed by atoms with Crippen molar-refractivity contribution in [2.45, 2.75) is 32.2 Å². The van der Waals surface area contributed by atoms with Gasteiger partial charge in [0.2, 0.25) is 0 Å². The number of rotatable bonds is 5. The van der Waals surface area contributed by atoms with Gasteiger partial charge in [-0.25, -0.2) is 4.79 Å². The summed E-state index contributed by atoms with van der Waals surface area (Å²) in [6.07, 6.45) is 3.64. The molecule has 0 radical (unpaired) electrons. The number of hydrogen-bond donors (Lipinski definition) is 2. The smallest absolute Gasteiger partial charge is 0.335 e. The third-order valence-electron chi connectivity index (χ3n) is 3.62. The fraction of sp³-hybridized carbons (Fsp3) is 0.533. The third-order valence-corrected chi connectivity index (χ3v) is 3.62. The molecule has 4 heteroatoms. The SMILES string of the molecule is CCCC[C@H]1CN(c2cccc(C(=O)O)c2)CCN1. The molecule has 2 N–H and O–H groups in total. The van der Waals surface area contributed by atoms with Gasteiger partial charge in [0, 0.05) is 31.4 Å². The Bertz CT molecular complexity index is 434. The average Bonchev–Trinajstić information content (AvgIpc) is 2.45. The predicted molar refractivity (Wildman–Crippen MR) is 76.9 cm³/mol. The zero-order valence-corrected chi connectivity index (χ0v) is 11.4. The summed E-state index contributed by atoms with van der Waals surface area (Å²) in [4.78, 5) is 13.3. The van der Waals surface area contributed by atoms with Crippen LogP contribution < -0.4 is 10.2 Å². The van der Waals surface area contributed by atoms with Gasteiger partial charge in [0.1, 0.15) is 0 Å². The Kier molecular flexibility index (Phi) is 4.80. The van der Waals surface area contributed by atoms with Crippen molar-refractivity contribution >= 4 is 11.7 Å². The summed E-state index contributed by atoms with van der Waals surface area (Å²) in [6, 6.07) is 7.74. The summed E-state index contributed by atoms with van der Waals surface area (Å²) in [5.74, 6) is -0.862. The number of nitrogens with zero attached hydrogens (tertiary/aromatic N) is 1. The molecule has 0 saturated carbocycles. The van der Waals surface area contributed by atoms with E-state index in [1.807, 2.05) is 12.1 Å². The highest BCUT2D eigenvalue weighted by atomic mass is 16.4.